The number of aromatic amines is 1. The van der Waals surface area contributed by atoms with Gasteiger partial charge in [-0.15, -0.1) is 0 Å². The molecule has 0 spiro atoms. The second-order valence-electron chi connectivity index (χ2n) is 8.37. The summed E-state index contributed by atoms with van der Waals surface area (Å²) in [5, 5.41) is 16.6. The Hall–Kier alpha value is -4.68. The average Bonchev–Trinajstić information content (AvgIpc) is 3.35. The zero-order valence-electron chi connectivity index (χ0n) is 19.5. The van der Waals surface area contributed by atoms with Gasteiger partial charge in [-0.1, -0.05) is 91.0 Å². The zero-order chi connectivity index (χ0) is 24.8. The van der Waals surface area contributed by atoms with Gasteiger partial charge in [0.25, 0.3) is 5.91 Å². The second kappa shape index (κ2) is 10.3. The predicted molar refractivity (Wildman–Crippen MR) is 141 cm³/mol. The van der Waals surface area contributed by atoms with E-state index in [1.165, 1.54) is 0 Å². The number of carbonyl (C=O) groups excluding carboxylic acids is 1. The second-order valence-corrected chi connectivity index (χ2v) is 8.37. The maximum absolute atomic E-state index is 13.2. The van der Waals surface area contributed by atoms with E-state index in [0.717, 1.165) is 27.8 Å². The minimum atomic E-state index is -1.89. The number of amides is 1. The Bertz CT molecular complexity index is 1440. The van der Waals surface area contributed by atoms with Gasteiger partial charge in [0.15, 0.2) is 5.60 Å². The van der Waals surface area contributed by atoms with Gasteiger partial charge in [0.2, 0.25) is 0 Å². The maximum atomic E-state index is 13.2. The first-order valence-corrected chi connectivity index (χ1v) is 11.6. The highest BCUT2D eigenvalue weighted by Gasteiger charge is 2.39. The fourth-order valence-electron chi connectivity index (χ4n) is 4.09. The average molecular weight is 476 g/mol. The molecule has 1 heterocycles. The topological polar surface area (TPSA) is 86.7 Å². The van der Waals surface area contributed by atoms with Gasteiger partial charge in [0.05, 0.1) is 6.21 Å². The van der Waals surface area contributed by atoms with Gasteiger partial charge < -0.3 is 14.8 Å². The lowest BCUT2D eigenvalue weighted by Gasteiger charge is -2.27. The molecule has 0 aliphatic heterocycles. The zero-order valence-corrected chi connectivity index (χ0v) is 19.5. The number of hydrazone groups is 1. The molecule has 0 fully saturated rings. The lowest BCUT2D eigenvalue weighted by atomic mass is 9.85. The molecule has 4 aromatic carbocycles. The number of ether oxygens (including phenoxy) is 1. The number of rotatable bonds is 8. The van der Waals surface area contributed by atoms with Crippen LogP contribution in [0.4, 0.5) is 0 Å². The van der Waals surface area contributed by atoms with Crippen LogP contribution in [-0.2, 0) is 17.0 Å². The van der Waals surface area contributed by atoms with Crippen LogP contribution in [0.25, 0.3) is 10.9 Å². The number of nitrogens with one attached hydrogen (secondary N) is 2. The number of hydrogen-bond acceptors (Lipinski definition) is 4. The van der Waals surface area contributed by atoms with Crippen molar-refractivity contribution in [1.29, 1.82) is 0 Å². The molecule has 0 aliphatic rings. The number of nitrogens with zero attached hydrogens (tertiary/aromatic N) is 1. The fraction of sp³-hybridized carbons (Fsp3) is 0.0667. The smallest absolute Gasteiger partial charge is 0.281 e. The van der Waals surface area contributed by atoms with E-state index in [9.17, 15) is 9.90 Å². The summed E-state index contributed by atoms with van der Waals surface area (Å²) in [6.45, 7) is 0.466. The first-order valence-electron chi connectivity index (χ1n) is 11.6. The predicted octanol–water partition coefficient (Wildman–Crippen LogP) is 5.13. The first-order chi connectivity index (χ1) is 17.6. The Kier molecular flexibility index (Phi) is 6.60. The molecule has 1 amide bonds. The molecule has 0 saturated heterocycles. The molecule has 1 aromatic heterocycles. The van der Waals surface area contributed by atoms with Gasteiger partial charge in [-0.25, -0.2) is 5.43 Å². The lowest BCUT2D eigenvalue weighted by molar-refractivity contribution is -0.136. The Morgan fingerprint density at radius 3 is 2.14 bits per heavy atom. The van der Waals surface area contributed by atoms with Crippen molar-refractivity contribution in [2.75, 3.05) is 0 Å². The molecular weight excluding hydrogens is 450 g/mol. The first kappa shape index (κ1) is 23.1. The fourth-order valence-corrected chi connectivity index (χ4v) is 4.09. The highest BCUT2D eigenvalue weighted by atomic mass is 16.5. The van der Waals surface area contributed by atoms with Crippen molar-refractivity contribution in [1.82, 2.24) is 10.4 Å². The van der Waals surface area contributed by atoms with Gasteiger partial charge in [-0.3, -0.25) is 4.79 Å². The minimum Gasteiger partial charge on any atom is -0.489 e. The highest BCUT2D eigenvalue weighted by Crippen LogP contribution is 2.30. The number of fused-ring (bicyclic) bond motifs is 1. The summed E-state index contributed by atoms with van der Waals surface area (Å²) >= 11 is 0. The van der Waals surface area contributed by atoms with Crippen molar-refractivity contribution in [3.63, 3.8) is 0 Å². The van der Waals surface area contributed by atoms with Crippen molar-refractivity contribution < 1.29 is 14.6 Å². The molecule has 0 saturated carbocycles. The third-order valence-corrected chi connectivity index (χ3v) is 6.02. The summed E-state index contributed by atoms with van der Waals surface area (Å²) in [6, 6.07) is 33.4. The van der Waals surface area contributed by atoms with Crippen molar-refractivity contribution in [2.24, 2.45) is 5.10 Å². The molecule has 0 bridgehead atoms. The molecule has 0 atom stereocenters. The largest absolute Gasteiger partial charge is 0.489 e. The Balaban J connectivity index is 1.35. The van der Waals surface area contributed by atoms with Crippen molar-refractivity contribution >= 4 is 23.0 Å². The molecule has 178 valence electrons. The van der Waals surface area contributed by atoms with Crippen LogP contribution in [0.5, 0.6) is 5.75 Å². The molecule has 0 aliphatic carbocycles. The highest BCUT2D eigenvalue weighted by molar-refractivity contribution is 6.00. The molecule has 0 unspecified atom stereocenters. The SMILES string of the molecule is O=C(N/N=C/c1c[nH]c2ccc(OCc3ccccc3)cc12)C(O)(c1ccccc1)c1ccccc1. The van der Waals surface area contributed by atoms with Gasteiger partial charge in [-0.2, -0.15) is 5.10 Å². The summed E-state index contributed by atoms with van der Waals surface area (Å²) < 4.78 is 5.95. The summed E-state index contributed by atoms with van der Waals surface area (Å²) in [5.41, 5.74) is 4.32. The molecule has 5 rings (SSSR count). The molecule has 0 radical (unpaired) electrons. The minimum absolute atomic E-state index is 0.455. The third-order valence-electron chi connectivity index (χ3n) is 6.02. The summed E-state index contributed by atoms with van der Waals surface area (Å²) in [5.74, 6) is 0.0787. The standard InChI is InChI=1S/C30H25N3O3/c34-29(30(35,24-12-6-2-7-13-24)25-14-8-3-9-15-25)33-32-20-23-19-31-28-17-16-26(18-27(23)28)36-21-22-10-4-1-5-11-22/h1-20,31,35H,21H2,(H,33,34)/b32-20+. The van der Waals surface area contributed by atoms with Gasteiger partial charge >= 0.3 is 0 Å². The number of aliphatic hydroxyl groups is 1. The molecule has 5 aromatic rings. The Morgan fingerprint density at radius 2 is 1.50 bits per heavy atom. The van der Waals surface area contributed by atoms with E-state index in [2.05, 4.69) is 15.5 Å². The number of carbonyl (C=O) groups is 1. The van der Waals surface area contributed by atoms with Crippen molar-refractivity contribution in [3.8, 4) is 5.75 Å². The van der Waals surface area contributed by atoms with E-state index >= 15 is 0 Å². The number of benzene rings is 4. The van der Waals surface area contributed by atoms with Crippen LogP contribution in [0.3, 0.4) is 0 Å². The van der Waals surface area contributed by atoms with Crippen molar-refractivity contribution in [2.45, 2.75) is 12.2 Å². The van der Waals surface area contributed by atoms with E-state index in [-0.39, 0.29) is 0 Å². The summed E-state index contributed by atoms with van der Waals surface area (Å²) in [4.78, 5) is 16.4. The van der Waals surface area contributed by atoms with E-state index in [1.807, 2.05) is 66.9 Å². The lowest BCUT2D eigenvalue weighted by Crippen LogP contribution is -2.43. The molecule has 6 nitrogen and oxygen atoms in total. The normalized spacial score (nSPS) is 11.6. The summed E-state index contributed by atoms with van der Waals surface area (Å²) in [6.07, 6.45) is 3.36. The summed E-state index contributed by atoms with van der Waals surface area (Å²) in [7, 11) is 0. The van der Waals surface area contributed by atoms with Crippen LogP contribution in [0, 0.1) is 0 Å². The monoisotopic (exact) mass is 475 g/mol. The van der Waals surface area contributed by atoms with E-state index in [0.29, 0.717) is 17.7 Å². The third kappa shape index (κ3) is 4.76. The van der Waals surface area contributed by atoms with Gasteiger partial charge in [0.1, 0.15) is 12.4 Å². The number of aromatic nitrogens is 1. The van der Waals surface area contributed by atoms with Crippen LogP contribution >= 0.6 is 0 Å². The molecule has 3 N–H and O–H groups in total. The Labute approximate surface area is 208 Å². The van der Waals surface area contributed by atoms with E-state index < -0.39 is 11.5 Å². The van der Waals surface area contributed by atoms with E-state index in [4.69, 9.17) is 4.74 Å². The van der Waals surface area contributed by atoms with Crippen LogP contribution in [0.15, 0.2) is 120 Å². The van der Waals surface area contributed by atoms with Gasteiger partial charge in [-0.05, 0) is 34.9 Å². The molecular formula is C30H25N3O3. The Morgan fingerprint density at radius 1 is 0.889 bits per heavy atom. The number of H-pyrrole nitrogens is 1. The van der Waals surface area contributed by atoms with Crippen molar-refractivity contribution in [3.05, 3.63) is 138 Å². The van der Waals surface area contributed by atoms with Crippen LogP contribution in [0.1, 0.15) is 22.3 Å². The maximum Gasteiger partial charge on any atom is 0.281 e. The van der Waals surface area contributed by atoms with E-state index in [1.54, 1.807) is 54.7 Å². The van der Waals surface area contributed by atoms with Crippen LogP contribution < -0.4 is 10.2 Å². The molecule has 36 heavy (non-hydrogen) atoms. The van der Waals surface area contributed by atoms with Crippen LogP contribution in [-0.4, -0.2) is 22.2 Å². The van der Waals surface area contributed by atoms with Gasteiger partial charge in [0, 0.05) is 22.7 Å². The molecule has 6 heteroatoms. The van der Waals surface area contributed by atoms with Crippen LogP contribution in [0.2, 0.25) is 0 Å². The number of hydrogen-bond donors (Lipinski definition) is 3. The quantitative estimate of drug-likeness (QED) is 0.215.